The van der Waals surface area contributed by atoms with Crippen LogP contribution in [0, 0.1) is 0 Å². The smallest absolute Gasteiger partial charge is 0.462 e. The number of carbonyl (C=O) groups is 4. The van der Waals surface area contributed by atoms with Gasteiger partial charge in [0.05, 0.1) is 26.4 Å². The number of ether oxygens (including phenoxy) is 4. The topological polar surface area (TPSA) is 237 Å². The number of esters is 4. The number of phosphoric ester groups is 2. The van der Waals surface area contributed by atoms with Crippen LogP contribution in [0.2, 0.25) is 0 Å². The highest BCUT2D eigenvalue weighted by atomic mass is 31.2. The quantitative estimate of drug-likeness (QED) is 0.0169. The van der Waals surface area contributed by atoms with E-state index in [9.17, 15) is 43.2 Å². The Morgan fingerprint density at radius 3 is 0.745 bits per heavy atom. The normalized spacial score (nSPS) is 14.0. The van der Waals surface area contributed by atoms with Gasteiger partial charge in [-0.15, -0.1) is 0 Å². The molecule has 0 fully saturated rings. The van der Waals surface area contributed by atoms with E-state index in [1.54, 1.807) is 0 Å². The Balaban J connectivity index is 5.28. The van der Waals surface area contributed by atoms with E-state index in [1.165, 1.54) is 212 Å². The summed E-state index contributed by atoms with van der Waals surface area (Å²) >= 11 is 0. The summed E-state index contributed by atoms with van der Waals surface area (Å²) in [5.41, 5.74) is 0. The van der Waals surface area contributed by atoms with Crippen LogP contribution in [0.4, 0.5) is 0 Å². The summed E-state index contributed by atoms with van der Waals surface area (Å²) in [6.07, 6.45) is 67.2. The van der Waals surface area contributed by atoms with Crippen LogP contribution >= 0.6 is 15.6 Å². The summed E-state index contributed by atoms with van der Waals surface area (Å²) in [7, 11) is -9.93. The highest BCUT2D eigenvalue weighted by molar-refractivity contribution is 7.47. The van der Waals surface area contributed by atoms with Crippen molar-refractivity contribution in [3.05, 3.63) is 24.3 Å². The summed E-state index contributed by atoms with van der Waals surface area (Å²) < 4.78 is 68.6. The number of carbonyl (C=O) groups excluding carboxylic acids is 4. The van der Waals surface area contributed by atoms with Crippen molar-refractivity contribution in [2.24, 2.45) is 0 Å². The molecule has 0 aromatic rings. The molecule has 2 unspecified atom stereocenters. The zero-order valence-corrected chi connectivity index (χ0v) is 65.0. The van der Waals surface area contributed by atoms with Crippen LogP contribution in [-0.4, -0.2) is 96.7 Å². The lowest BCUT2D eigenvalue weighted by atomic mass is 10.0. The van der Waals surface area contributed by atoms with Crippen molar-refractivity contribution < 1.29 is 80.2 Å². The lowest BCUT2D eigenvalue weighted by molar-refractivity contribution is -0.161. The first-order valence-electron chi connectivity index (χ1n) is 40.6. The van der Waals surface area contributed by atoms with Crippen LogP contribution in [0.3, 0.4) is 0 Å². The van der Waals surface area contributed by atoms with Crippen LogP contribution in [-0.2, 0) is 65.4 Å². The van der Waals surface area contributed by atoms with Gasteiger partial charge in [-0.1, -0.05) is 347 Å². The fourth-order valence-electron chi connectivity index (χ4n) is 11.7. The highest BCUT2D eigenvalue weighted by Crippen LogP contribution is 2.45. The number of hydrogen-bond donors (Lipinski definition) is 3. The molecular formula is C79H150O17P2. The summed E-state index contributed by atoms with van der Waals surface area (Å²) in [4.78, 5) is 72.9. The minimum atomic E-state index is -4.97. The van der Waals surface area contributed by atoms with E-state index in [0.29, 0.717) is 25.7 Å². The van der Waals surface area contributed by atoms with Gasteiger partial charge in [0, 0.05) is 25.7 Å². The summed E-state index contributed by atoms with van der Waals surface area (Å²) in [5.74, 6) is -2.14. The van der Waals surface area contributed by atoms with Crippen molar-refractivity contribution in [2.45, 2.75) is 418 Å². The lowest BCUT2D eigenvalue weighted by Crippen LogP contribution is -2.30. The van der Waals surface area contributed by atoms with Crippen LogP contribution in [0.15, 0.2) is 24.3 Å². The van der Waals surface area contributed by atoms with Crippen LogP contribution in [0.25, 0.3) is 0 Å². The summed E-state index contributed by atoms with van der Waals surface area (Å²) in [6.45, 7) is 4.95. The predicted octanol–water partition coefficient (Wildman–Crippen LogP) is 23.3. The lowest BCUT2D eigenvalue weighted by Gasteiger charge is -2.21. The molecule has 0 saturated heterocycles. The molecule has 0 aliphatic heterocycles. The average molecular weight is 1430 g/mol. The van der Waals surface area contributed by atoms with E-state index in [1.807, 2.05) is 0 Å². The number of phosphoric acid groups is 2. The van der Waals surface area contributed by atoms with Gasteiger partial charge in [0.1, 0.15) is 19.3 Å². The Labute approximate surface area is 599 Å². The van der Waals surface area contributed by atoms with E-state index in [-0.39, 0.29) is 25.7 Å². The van der Waals surface area contributed by atoms with E-state index in [4.69, 9.17) is 37.0 Å². The molecule has 0 aromatic carbocycles. The Kier molecular flexibility index (Phi) is 71.0. The third-order valence-electron chi connectivity index (χ3n) is 18.0. The molecule has 17 nitrogen and oxygen atoms in total. The van der Waals surface area contributed by atoms with Crippen molar-refractivity contribution in [2.75, 3.05) is 39.6 Å². The minimum absolute atomic E-state index is 0.102. The molecule has 0 bridgehead atoms. The van der Waals surface area contributed by atoms with Gasteiger partial charge in [0.15, 0.2) is 12.2 Å². The largest absolute Gasteiger partial charge is 0.472 e. The molecule has 0 radical (unpaired) electrons. The van der Waals surface area contributed by atoms with Gasteiger partial charge in [0.2, 0.25) is 0 Å². The number of aliphatic hydroxyl groups is 1. The fraction of sp³-hybridized carbons (Fsp3) is 0.899. The average Bonchev–Trinajstić information content (AvgIpc) is 0.995. The molecule has 0 aromatic heterocycles. The number of unbranched alkanes of at least 4 members (excludes halogenated alkanes) is 49. The molecule has 0 spiro atoms. The molecule has 0 amide bonds. The standard InChI is InChI=1S/C79H150O17P2/c1-5-9-13-17-21-25-29-33-35-36-37-39-42-46-50-54-58-62-66-79(84)96-75(70-90-77(82)64-60-56-52-48-44-41-38-34-30-26-22-18-14-10-6-2)72-94-98(87,88)92-68-73(80)67-91-97(85,86)93-71-74(69-89-76(81)63-59-55-51-47-43-32-28-24-20-16-12-8-4)95-78(83)65-61-57-53-49-45-40-31-27-23-19-15-11-7-3/h26,30,34,38,73-75,80H,5-25,27-29,31-33,35-37,39-72H2,1-4H3,(H,85,86)(H,87,88)/b30-26-,38-34-/t73-,74+,75+/m0/s1. The first kappa shape index (κ1) is 95.5. The zero-order valence-electron chi connectivity index (χ0n) is 63.2. The number of rotatable bonds is 78. The van der Waals surface area contributed by atoms with Gasteiger partial charge >= 0.3 is 39.5 Å². The van der Waals surface area contributed by atoms with Gasteiger partial charge in [-0.05, 0) is 51.4 Å². The van der Waals surface area contributed by atoms with E-state index >= 15 is 0 Å². The maximum absolute atomic E-state index is 13.1. The molecule has 5 atom stereocenters. The van der Waals surface area contributed by atoms with Crippen molar-refractivity contribution in [1.29, 1.82) is 0 Å². The second-order valence-electron chi connectivity index (χ2n) is 27.8. The van der Waals surface area contributed by atoms with E-state index < -0.39 is 97.5 Å². The first-order valence-corrected chi connectivity index (χ1v) is 43.6. The summed E-state index contributed by atoms with van der Waals surface area (Å²) in [6, 6.07) is 0. The number of aliphatic hydroxyl groups excluding tert-OH is 1. The molecule has 0 aliphatic carbocycles. The molecule has 0 saturated carbocycles. The molecule has 19 heteroatoms. The van der Waals surface area contributed by atoms with Crippen LogP contribution in [0.1, 0.15) is 400 Å². The maximum atomic E-state index is 13.1. The minimum Gasteiger partial charge on any atom is -0.462 e. The van der Waals surface area contributed by atoms with Crippen LogP contribution < -0.4 is 0 Å². The molecule has 3 N–H and O–H groups in total. The second-order valence-corrected chi connectivity index (χ2v) is 30.7. The van der Waals surface area contributed by atoms with Gasteiger partial charge in [-0.25, -0.2) is 9.13 Å². The number of allylic oxidation sites excluding steroid dienone is 4. The highest BCUT2D eigenvalue weighted by Gasteiger charge is 2.30. The van der Waals surface area contributed by atoms with Crippen molar-refractivity contribution in [1.82, 2.24) is 0 Å². The van der Waals surface area contributed by atoms with Gasteiger partial charge in [-0.2, -0.15) is 0 Å². The molecule has 98 heavy (non-hydrogen) atoms. The maximum Gasteiger partial charge on any atom is 0.472 e. The Morgan fingerprint density at radius 1 is 0.286 bits per heavy atom. The zero-order chi connectivity index (χ0) is 71.8. The predicted molar refractivity (Wildman–Crippen MR) is 400 cm³/mol. The molecular weight excluding hydrogens is 1280 g/mol. The van der Waals surface area contributed by atoms with Crippen molar-refractivity contribution in [3.8, 4) is 0 Å². The van der Waals surface area contributed by atoms with Crippen molar-refractivity contribution in [3.63, 3.8) is 0 Å². The molecule has 578 valence electrons. The third-order valence-corrected chi connectivity index (χ3v) is 19.9. The van der Waals surface area contributed by atoms with Crippen LogP contribution in [0.5, 0.6) is 0 Å². The van der Waals surface area contributed by atoms with Gasteiger partial charge in [0.25, 0.3) is 0 Å². The first-order chi connectivity index (χ1) is 47.7. The third kappa shape index (κ3) is 71.9. The fourth-order valence-corrected chi connectivity index (χ4v) is 13.3. The van der Waals surface area contributed by atoms with E-state index in [0.717, 1.165) is 109 Å². The Hall–Kier alpha value is -2.46. The van der Waals surface area contributed by atoms with Gasteiger partial charge < -0.3 is 33.8 Å². The molecule has 0 heterocycles. The SMILES string of the molecule is CCCCCC/C=C\C=C/CCCCCCCC(=O)OC[C@H](COP(=O)(O)OC[C@@H](O)COP(=O)(O)OC[C@@H](COC(=O)CCCCCCCCCCCCCC)OC(=O)CCCCCCCCCCCCCCC)OC(=O)CCCCCCCCCCCCCCCCCCCC. The molecule has 0 aliphatic rings. The van der Waals surface area contributed by atoms with E-state index in [2.05, 4.69) is 52.0 Å². The summed E-state index contributed by atoms with van der Waals surface area (Å²) in [5, 5.41) is 10.6. The Morgan fingerprint density at radius 2 is 0.490 bits per heavy atom. The Bertz CT molecular complexity index is 1950. The van der Waals surface area contributed by atoms with Crippen molar-refractivity contribution >= 4 is 39.5 Å². The monoisotopic (exact) mass is 1430 g/mol. The van der Waals surface area contributed by atoms with Gasteiger partial charge in [-0.3, -0.25) is 37.3 Å². The second kappa shape index (κ2) is 72.9. The number of hydrogen-bond acceptors (Lipinski definition) is 15. The molecule has 0 rings (SSSR count).